The van der Waals surface area contributed by atoms with E-state index in [9.17, 15) is 8.42 Å². The molecule has 7 nitrogen and oxygen atoms in total. The van der Waals surface area contributed by atoms with E-state index in [4.69, 9.17) is 14.0 Å². The standard InChI is InChI=1S/C17H28N2O5S/c1-12(2)10-13(3)16(6)25(20,21)19(11-23-9-8-22-7)17-14(4)15(5)24-18-17/h10H,8-9,11H2,1-7H3/b16-13+. The Labute approximate surface area is 150 Å². The van der Waals surface area contributed by atoms with Crippen LogP contribution in [-0.4, -0.2) is 40.6 Å². The van der Waals surface area contributed by atoms with Crippen LogP contribution in [0.1, 0.15) is 39.0 Å². The molecule has 0 spiro atoms. The van der Waals surface area contributed by atoms with Crippen molar-refractivity contribution in [3.63, 3.8) is 0 Å². The Kier molecular flexibility index (Phi) is 7.85. The van der Waals surface area contributed by atoms with Crippen LogP contribution in [0.5, 0.6) is 0 Å². The monoisotopic (exact) mass is 372 g/mol. The van der Waals surface area contributed by atoms with Crippen molar-refractivity contribution in [2.45, 2.75) is 41.5 Å². The van der Waals surface area contributed by atoms with E-state index in [1.54, 1.807) is 34.8 Å². The largest absolute Gasteiger partial charge is 0.382 e. The summed E-state index contributed by atoms with van der Waals surface area (Å²) in [6, 6.07) is 0. The van der Waals surface area contributed by atoms with Gasteiger partial charge in [0, 0.05) is 12.7 Å². The van der Waals surface area contributed by atoms with Crippen molar-refractivity contribution in [3.8, 4) is 0 Å². The molecule has 0 saturated heterocycles. The lowest BCUT2D eigenvalue weighted by molar-refractivity contribution is 0.0753. The summed E-state index contributed by atoms with van der Waals surface area (Å²) in [5, 5.41) is 3.91. The number of aromatic nitrogens is 1. The van der Waals surface area contributed by atoms with E-state index >= 15 is 0 Å². The first kappa shape index (κ1) is 21.4. The Morgan fingerprint density at radius 1 is 1.20 bits per heavy atom. The second-order valence-corrected chi connectivity index (χ2v) is 8.04. The highest BCUT2D eigenvalue weighted by molar-refractivity contribution is 7.96. The summed E-state index contributed by atoms with van der Waals surface area (Å²) in [6.45, 7) is 11.2. The lowest BCUT2D eigenvalue weighted by Crippen LogP contribution is -2.35. The third kappa shape index (κ3) is 5.42. The molecular weight excluding hydrogens is 344 g/mol. The van der Waals surface area contributed by atoms with Crippen LogP contribution in [0, 0.1) is 13.8 Å². The Bertz CT molecular complexity index is 743. The zero-order valence-corrected chi connectivity index (χ0v) is 16.9. The van der Waals surface area contributed by atoms with Crippen LogP contribution in [0.25, 0.3) is 0 Å². The molecule has 1 aromatic rings. The van der Waals surface area contributed by atoms with Crippen molar-refractivity contribution in [1.29, 1.82) is 0 Å². The summed E-state index contributed by atoms with van der Waals surface area (Å²) in [5.41, 5.74) is 2.34. The minimum Gasteiger partial charge on any atom is -0.382 e. The molecule has 0 aliphatic carbocycles. The Balaban J connectivity index is 3.30. The Hall–Kier alpha value is -1.64. The van der Waals surface area contributed by atoms with Gasteiger partial charge in [-0.25, -0.2) is 12.7 Å². The summed E-state index contributed by atoms with van der Waals surface area (Å²) in [4.78, 5) is 0.240. The van der Waals surface area contributed by atoms with Crippen LogP contribution < -0.4 is 4.31 Å². The van der Waals surface area contributed by atoms with E-state index in [-0.39, 0.29) is 24.1 Å². The summed E-state index contributed by atoms with van der Waals surface area (Å²) in [5.74, 6) is 0.800. The molecule has 1 aromatic heterocycles. The SMILES string of the molecule is COCCOCN(c1noc(C)c1C)S(=O)(=O)/C(C)=C(\C)C=C(C)C. The fraction of sp³-hybridized carbons (Fsp3) is 0.588. The molecule has 8 heteroatoms. The number of nitrogens with zero attached hydrogens (tertiary/aromatic N) is 2. The minimum atomic E-state index is -3.82. The zero-order valence-electron chi connectivity index (χ0n) is 16.0. The minimum absolute atomic E-state index is 0.169. The molecular formula is C17H28N2O5S. The number of hydrogen-bond donors (Lipinski definition) is 0. The predicted molar refractivity (Wildman–Crippen MR) is 97.9 cm³/mol. The molecule has 0 saturated carbocycles. The van der Waals surface area contributed by atoms with Gasteiger partial charge in [0.2, 0.25) is 0 Å². The van der Waals surface area contributed by atoms with E-state index in [1.165, 1.54) is 0 Å². The maximum atomic E-state index is 13.1. The first-order valence-corrected chi connectivity index (χ1v) is 9.41. The number of methoxy groups -OCH3 is 1. The summed E-state index contributed by atoms with van der Waals surface area (Å²) < 4.78 is 42.9. The van der Waals surface area contributed by atoms with Gasteiger partial charge < -0.3 is 14.0 Å². The van der Waals surface area contributed by atoms with Gasteiger partial charge in [-0.3, -0.25) is 0 Å². The molecule has 0 bridgehead atoms. The van der Waals surface area contributed by atoms with Crippen LogP contribution in [0.15, 0.2) is 26.7 Å². The average Bonchev–Trinajstić information content (AvgIpc) is 2.85. The van der Waals surface area contributed by atoms with Gasteiger partial charge in [-0.05, 0) is 47.1 Å². The van der Waals surface area contributed by atoms with Gasteiger partial charge in [0.1, 0.15) is 12.5 Å². The van der Waals surface area contributed by atoms with E-state index in [0.717, 1.165) is 9.88 Å². The van der Waals surface area contributed by atoms with Gasteiger partial charge in [0.05, 0.1) is 18.1 Å². The summed E-state index contributed by atoms with van der Waals surface area (Å²) in [7, 11) is -2.26. The Morgan fingerprint density at radius 2 is 1.84 bits per heavy atom. The van der Waals surface area contributed by atoms with E-state index in [0.29, 0.717) is 23.5 Å². The van der Waals surface area contributed by atoms with Crippen LogP contribution in [0.4, 0.5) is 5.82 Å². The van der Waals surface area contributed by atoms with Gasteiger partial charge >= 0.3 is 0 Å². The number of ether oxygens (including phenoxy) is 2. The van der Waals surface area contributed by atoms with Gasteiger partial charge in [-0.1, -0.05) is 16.8 Å². The van der Waals surface area contributed by atoms with E-state index < -0.39 is 10.0 Å². The maximum Gasteiger partial charge on any atom is 0.263 e. The lowest BCUT2D eigenvalue weighted by Gasteiger charge is -2.23. The van der Waals surface area contributed by atoms with Crippen LogP contribution in [-0.2, 0) is 19.5 Å². The highest BCUT2D eigenvalue weighted by atomic mass is 32.2. The molecule has 1 heterocycles. The van der Waals surface area contributed by atoms with Crippen molar-refractivity contribution in [1.82, 2.24) is 5.16 Å². The highest BCUT2D eigenvalue weighted by Crippen LogP contribution is 2.28. The van der Waals surface area contributed by atoms with Crippen LogP contribution in [0.3, 0.4) is 0 Å². The highest BCUT2D eigenvalue weighted by Gasteiger charge is 2.30. The molecule has 0 N–H and O–H groups in total. The molecule has 0 fully saturated rings. The van der Waals surface area contributed by atoms with Crippen molar-refractivity contribution >= 4 is 15.8 Å². The van der Waals surface area contributed by atoms with E-state index in [2.05, 4.69) is 5.16 Å². The molecule has 0 amide bonds. The van der Waals surface area contributed by atoms with Crippen molar-refractivity contribution in [2.75, 3.05) is 31.4 Å². The number of rotatable bonds is 9. The summed E-state index contributed by atoms with van der Waals surface area (Å²) >= 11 is 0. The number of allylic oxidation sites excluding steroid dienone is 4. The topological polar surface area (TPSA) is 81.9 Å². The normalized spacial score (nSPS) is 12.8. The van der Waals surface area contributed by atoms with E-state index in [1.807, 2.05) is 19.9 Å². The van der Waals surface area contributed by atoms with Gasteiger partial charge in [0.15, 0.2) is 5.82 Å². The molecule has 0 atom stereocenters. The smallest absolute Gasteiger partial charge is 0.263 e. The van der Waals surface area contributed by atoms with Crippen molar-refractivity contribution in [2.24, 2.45) is 0 Å². The predicted octanol–water partition coefficient (Wildman–Crippen LogP) is 3.31. The number of aryl methyl sites for hydroxylation is 1. The fourth-order valence-electron chi connectivity index (χ4n) is 2.08. The van der Waals surface area contributed by atoms with Gasteiger partial charge in [-0.2, -0.15) is 0 Å². The third-order valence-corrected chi connectivity index (χ3v) is 5.70. The third-order valence-electron chi connectivity index (χ3n) is 3.75. The van der Waals surface area contributed by atoms with Crippen molar-refractivity contribution in [3.05, 3.63) is 33.5 Å². The van der Waals surface area contributed by atoms with Crippen molar-refractivity contribution < 1.29 is 22.4 Å². The maximum absolute atomic E-state index is 13.1. The quantitative estimate of drug-likeness (QED) is 0.376. The number of sulfonamides is 1. The average molecular weight is 372 g/mol. The molecule has 1 rings (SSSR count). The molecule has 0 unspecified atom stereocenters. The zero-order chi connectivity index (χ0) is 19.2. The molecule has 0 aliphatic heterocycles. The van der Waals surface area contributed by atoms with Gasteiger partial charge in [-0.15, -0.1) is 0 Å². The molecule has 0 radical (unpaired) electrons. The first-order valence-electron chi connectivity index (χ1n) is 7.97. The summed E-state index contributed by atoms with van der Waals surface area (Å²) in [6.07, 6.45) is 1.83. The first-order chi connectivity index (χ1) is 11.6. The van der Waals surface area contributed by atoms with Gasteiger partial charge in [0.25, 0.3) is 10.0 Å². The number of hydrogen-bond acceptors (Lipinski definition) is 6. The molecule has 25 heavy (non-hydrogen) atoms. The second-order valence-electron chi connectivity index (χ2n) is 6.03. The molecule has 0 aromatic carbocycles. The van der Waals surface area contributed by atoms with Crippen LogP contribution >= 0.6 is 0 Å². The molecule has 142 valence electrons. The second kappa shape index (κ2) is 9.17. The number of anilines is 1. The lowest BCUT2D eigenvalue weighted by atomic mass is 10.2. The fourth-order valence-corrected chi connectivity index (χ4v) is 3.48. The van der Waals surface area contributed by atoms with Crippen LogP contribution in [0.2, 0.25) is 0 Å². The Morgan fingerprint density at radius 3 is 2.32 bits per heavy atom. The molecule has 0 aliphatic rings.